The van der Waals surface area contributed by atoms with Gasteiger partial charge in [-0.25, -0.2) is 9.78 Å². The summed E-state index contributed by atoms with van der Waals surface area (Å²) in [6.07, 6.45) is 6.22. The van der Waals surface area contributed by atoms with Crippen molar-refractivity contribution >= 4 is 31.9 Å². The Morgan fingerprint density at radius 2 is 1.73 bits per heavy atom. The van der Waals surface area contributed by atoms with Gasteiger partial charge in [0.1, 0.15) is 16.8 Å². The molecular formula is C37H48ClN5O4Si. The highest BCUT2D eigenvalue weighted by Crippen LogP contribution is 2.44. The number of carbonyl (C=O) groups excluding carboxylic acids is 2. The molecule has 1 fully saturated rings. The van der Waals surface area contributed by atoms with Crippen LogP contribution in [0.2, 0.25) is 23.3 Å². The quantitative estimate of drug-likeness (QED) is 0.164. The minimum atomic E-state index is -2.29. The van der Waals surface area contributed by atoms with Crippen molar-refractivity contribution in [3.63, 3.8) is 0 Å². The zero-order valence-electron chi connectivity index (χ0n) is 29.6. The molecule has 1 aliphatic heterocycles. The van der Waals surface area contributed by atoms with Crippen molar-refractivity contribution in [1.29, 1.82) is 5.26 Å². The molecule has 3 aromatic rings. The van der Waals surface area contributed by atoms with Crippen molar-refractivity contribution in [2.45, 2.75) is 109 Å². The largest absolute Gasteiger partial charge is 0.444 e. The van der Waals surface area contributed by atoms with Crippen LogP contribution in [0, 0.1) is 11.3 Å². The van der Waals surface area contributed by atoms with E-state index in [1.807, 2.05) is 56.0 Å². The number of nitriles is 1. The fraction of sp³-hybridized carbons (Fsp3) is 0.486. The Morgan fingerprint density at radius 3 is 2.31 bits per heavy atom. The second kappa shape index (κ2) is 14.8. The van der Waals surface area contributed by atoms with Gasteiger partial charge in [0.25, 0.3) is 5.91 Å². The van der Waals surface area contributed by atoms with Crippen molar-refractivity contribution in [2.24, 2.45) is 0 Å². The van der Waals surface area contributed by atoms with Crippen molar-refractivity contribution < 1.29 is 18.8 Å². The lowest BCUT2D eigenvalue weighted by Crippen LogP contribution is -2.50. The second-order valence-corrected chi connectivity index (χ2v) is 20.3. The summed E-state index contributed by atoms with van der Waals surface area (Å²) in [6, 6.07) is 14.7. The van der Waals surface area contributed by atoms with Crippen LogP contribution in [0.1, 0.15) is 93.1 Å². The van der Waals surface area contributed by atoms with Crippen molar-refractivity contribution in [2.75, 3.05) is 7.05 Å². The van der Waals surface area contributed by atoms with E-state index in [9.17, 15) is 14.9 Å². The van der Waals surface area contributed by atoms with E-state index in [0.29, 0.717) is 29.2 Å². The first-order valence-corrected chi connectivity index (χ1v) is 19.7. The van der Waals surface area contributed by atoms with Gasteiger partial charge in [-0.3, -0.25) is 14.7 Å². The highest BCUT2D eigenvalue weighted by Gasteiger charge is 2.47. The predicted octanol–water partition coefficient (Wildman–Crippen LogP) is 8.35. The molecular weight excluding hydrogens is 642 g/mol. The van der Waals surface area contributed by atoms with Gasteiger partial charge in [0.05, 0.1) is 17.7 Å². The molecule has 1 aliphatic rings. The number of aromatic nitrogens is 2. The van der Waals surface area contributed by atoms with Crippen LogP contribution in [0.15, 0.2) is 61.1 Å². The van der Waals surface area contributed by atoms with Gasteiger partial charge < -0.3 is 14.1 Å². The van der Waals surface area contributed by atoms with E-state index in [0.717, 1.165) is 29.5 Å². The molecule has 0 aliphatic carbocycles. The molecule has 2 amide bonds. The third-order valence-corrected chi connectivity index (χ3v) is 13.8. The standard InChI is InChI=1S/C37H48ClN5O4Si/c1-36(2,3)46-35(45)43-30(15-16-31(43)33(29-14-17-32(38)41-23-29)47-48(8,9)37(4,5)6)19-25-10-12-28(13-11-25)34(44)42(7)24-27-18-26(20-39)21-40-22-27/h10-14,17-18,21-23,30-31,33H,15-16,19,24H2,1-9H3. The number of rotatable bonds is 9. The van der Waals surface area contributed by atoms with Crippen molar-refractivity contribution in [3.05, 3.63) is 94.0 Å². The smallest absolute Gasteiger partial charge is 0.410 e. The Labute approximate surface area is 291 Å². The molecule has 3 unspecified atom stereocenters. The molecule has 48 heavy (non-hydrogen) atoms. The second-order valence-electron chi connectivity index (χ2n) is 15.2. The lowest BCUT2D eigenvalue weighted by molar-refractivity contribution is -0.00244. The zero-order valence-corrected chi connectivity index (χ0v) is 31.3. The minimum absolute atomic E-state index is 0.0509. The Balaban J connectivity index is 1.59. The summed E-state index contributed by atoms with van der Waals surface area (Å²) in [5.74, 6) is -0.137. The first-order valence-electron chi connectivity index (χ1n) is 16.4. The average Bonchev–Trinajstić information content (AvgIpc) is 3.42. The molecule has 0 saturated carbocycles. The van der Waals surface area contributed by atoms with Crippen molar-refractivity contribution in [3.8, 4) is 6.07 Å². The van der Waals surface area contributed by atoms with Crippen LogP contribution in [0.4, 0.5) is 4.79 Å². The number of amides is 2. The van der Waals surface area contributed by atoms with Crippen LogP contribution in [0.5, 0.6) is 0 Å². The van der Waals surface area contributed by atoms with Crippen LogP contribution >= 0.6 is 11.6 Å². The lowest BCUT2D eigenvalue weighted by atomic mass is 10.0. The highest BCUT2D eigenvalue weighted by molar-refractivity contribution is 6.74. The monoisotopic (exact) mass is 689 g/mol. The van der Waals surface area contributed by atoms with Gasteiger partial charge in [0, 0.05) is 49.4 Å². The maximum Gasteiger partial charge on any atom is 0.410 e. The van der Waals surface area contributed by atoms with Crippen LogP contribution < -0.4 is 0 Å². The van der Waals surface area contributed by atoms with E-state index < -0.39 is 20.0 Å². The Bertz CT molecular complexity index is 1630. The molecule has 0 bridgehead atoms. The number of halogens is 1. The number of likely N-dealkylation sites (tertiary alicyclic amines) is 1. The van der Waals surface area contributed by atoms with Crippen LogP contribution in [0.25, 0.3) is 0 Å². The summed E-state index contributed by atoms with van der Waals surface area (Å²) in [5.41, 5.74) is 3.00. The summed E-state index contributed by atoms with van der Waals surface area (Å²) >= 11 is 6.18. The first-order chi connectivity index (χ1) is 22.4. The van der Waals surface area contributed by atoms with E-state index in [4.69, 9.17) is 20.8 Å². The molecule has 3 atom stereocenters. The van der Waals surface area contributed by atoms with Crippen LogP contribution in [-0.4, -0.2) is 64.8 Å². The molecule has 0 radical (unpaired) electrons. The minimum Gasteiger partial charge on any atom is -0.444 e. The van der Waals surface area contributed by atoms with E-state index in [1.165, 1.54) is 6.20 Å². The van der Waals surface area contributed by atoms with E-state index >= 15 is 0 Å². The Morgan fingerprint density at radius 1 is 1.04 bits per heavy atom. The van der Waals surface area contributed by atoms with Crippen LogP contribution in [-0.2, 0) is 22.1 Å². The average molecular weight is 690 g/mol. The molecule has 0 spiro atoms. The van der Waals surface area contributed by atoms with Crippen LogP contribution in [0.3, 0.4) is 0 Å². The summed E-state index contributed by atoms with van der Waals surface area (Å²) in [7, 11) is -0.561. The predicted molar refractivity (Wildman–Crippen MR) is 190 cm³/mol. The number of hydrogen-bond acceptors (Lipinski definition) is 7. The summed E-state index contributed by atoms with van der Waals surface area (Å²) in [4.78, 5) is 39.2. The van der Waals surface area contributed by atoms with E-state index in [1.54, 1.807) is 36.5 Å². The summed E-state index contributed by atoms with van der Waals surface area (Å²) in [5, 5.41) is 9.52. The maximum atomic E-state index is 14.0. The third-order valence-electron chi connectivity index (χ3n) is 9.17. The summed E-state index contributed by atoms with van der Waals surface area (Å²) < 4.78 is 13.1. The number of ether oxygens (including phenoxy) is 1. The number of pyridine rings is 2. The lowest BCUT2D eigenvalue weighted by Gasteiger charge is -2.43. The number of benzene rings is 1. The molecule has 4 rings (SSSR count). The SMILES string of the molecule is CN(Cc1cncc(C#N)c1)C(=O)c1ccc(CC2CCC(C(O[Si](C)(C)C(C)(C)C)c3ccc(Cl)nc3)N2C(=O)OC(C)(C)C)cc1. The van der Waals surface area contributed by atoms with Gasteiger partial charge in [-0.1, -0.05) is 50.6 Å². The van der Waals surface area contributed by atoms with E-state index in [2.05, 4.69) is 49.9 Å². The van der Waals surface area contributed by atoms with Gasteiger partial charge in [0.2, 0.25) is 0 Å². The molecule has 0 N–H and O–H groups in total. The topological polar surface area (TPSA) is 109 Å². The fourth-order valence-electron chi connectivity index (χ4n) is 5.68. The molecule has 3 heterocycles. The normalized spacial score (nSPS) is 17.5. The first kappa shape index (κ1) is 37.0. The van der Waals surface area contributed by atoms with Gasteiger partial charge in [-0.05, 0) is 93.6 Å². The molecule has 11 heteroatoms. The Hall–Kier alpha value is -3.78. The Kier molecular flexibility index (Phi) is 11.4. The number of carbonyl (C=O) groups is 2. The summed E-state index contributed by atoms with van der Waals surface area (Å²) in [6.45, 7) is 17.0. The van der Waals surface area contributed by atoms with E-state index in [-0.39, 0.29) is 29.1 Å². The number of hydrogen-bond donors (Lipinski definition) is 0. The van der Waals surface area contributed by atoms with Gasteiger partial charge in [0.15, 0.2) is 8.32 Å². The molecule has 1 saturated heterocycles. The molecule has 9 nitrogen and oxygen atoms in total. The van der Waals surface area contributed by atoms with Gasteiger partial charge >= 0.3 is 6.09 Å². The van der Waals surface area contributed by atoms with Gasteiger partial charge in [-0.2, -0.15) is 5.26 Å². The maximum absolute atomic E-state index is 14.0. The molecule has 2 aromatic heterocycles. The third kappa shape index (κ3) is 9.22. The number of nitrogens with zero attached hydrogens (tertiary/aromatic N) is 5. The molecule has 256 valence electrons. The highest BCUT2D eigenvalue weighted by atomic mass is 35.5. The fourth-order valence-corrected chi connectivity index (χ4v) is 7.08. The zero-order chi connectivity index (χ0) is 35.4. The molecule has 1 aromatic carbocycles. The van der Waals surface area contributed by atoms with Crippen molar-refractivity contribution in [1.82, 2.24) is 19.8 Å². The van der Waals surface area contributed by atoms with Gasteiger partial charge in [-0.15, -0.1) is 0 Å².